The lowest BCUT2D eigenvalue weighted by molar-refractivity contribution is -0.121. The number of aliphatic imine (C=N–C) groups is 1. The molecule has 1 saturated heterocycles. The van der Waals surface area contributed by atoms with E-state index in [4.69, 9.17) is 0 Å². The fourth-order valence-corrected chi connectivity index (χ4v) is 2.88. The third kappa shape index (κ3) is 6.28. The van der Waals surface area contributed by atoms with Crippen LogP contribution in [0.25, 0.3) is 0 Å². The summed E-state index contributed by atoms with van der Waals surface area (Å²) in [4.78, 5) is 16.0. The van der Waals surface area contributed by atoms with E-state index >= 15 is 0 Å². The van der Waals surface area contributed by atoms with Crippen LogP contribution in [0.2, 0.25) is 0 Å². The maximum absolute atomic E-state index is 11.5. The maximum atomic E-state index is 11.5. The fourth-order valence-electron chi connectivity index (χ4n) is 1.54. The first-order valence-electron chi connectivity index (χ1n) is 6.61. The molecule has 1 fully saturated rings. The molecule has 0 aliphatic carbocycles. The predicted octanol–water partition coefficient (Wildman–Crippen LogP) is 2.01. The highest BCUT2D eigenvalue weighted by atomic mass is 32.2. The van der Waals surface area contributed by atoms with Gasteiger partial charge in [-0.15, -0.1) is 0 Å². The average molecular weight is 271 g/mol. The Labute approximate surface area is 114 Å². The summed E-state index contributed by atoms with van der Waals surface area (Å²) in [5, 5.41) is 7.27. The first-order chi connectivity index (χ1) is 8.39. The summed E-state index contributed by atoms with van der Waals surface area (Å²) in [6.45, 7) is 9.84. The Morgan fingerprint density at radius 1 is 1.56 bits per heavy atom. The van der Waals surface area contributed by atoms with Crippen LogP contribution in [-0.4, -0.2) is 35.5 Å². The van der Waals surface area contributed by atoms with Crippen LogP contribution in [0.4, 0.5) is 0 Å². The van der Waals surface area contributed by atoms with E-state index in [9.17, 15) is 4.79 Å². The Balaban J connectivity index is 2.25. The molecular weight excluding hydrogens is 246 g/mol. The van der Waals surface area contributed by atoms with Crippen LogP contribution in [-0.2, 0) is 4.79 Å². The normalized spacial score (nSPS) is 20.8. The van der Waals surface area contributed by atoms with Gasteiger partial charge in [0, 0.05) is 24.3 Å². The van der Waals surface area contributed by atoms with Gasteiger partial charge in [-0.25, -0.2) is 0 Å². The highest BCUT2D eigenvalue weighted by Crippen LogP contribution is 2.21. The second-order valence-electron chi connectivity index (χ2n) is 5.74. The standard InChI is InChI=1S/C13H25N3OS/c1-10(2)9-15-11(17)5-7-14-12-16-13(3,4)6-8-18-12/h10H,5-9H2,1-4H3,(H,14,16)(H,15,17). The third-order valence-electron chi connectivity index (χ3n) is 2.71. The van der Waals surface area contributed by atoms with Crippen LogP contribution in [0.5, 0.6) is 0 Å². The van der Waals surface area contributed by atoms with Crippen molar-refractivity contribution in [2.45, 2.75) is 46.1 Å². The topological polar surface area (TPSA) is 53.5 Å². The van der Waals surface area contributed by atoms with Gasteiger partial charge in [-0.1, -0.05) is 25.6 Å². The third-order valence-corrected chi connectivity index (χ3v) is 3.63. The molecule has 104 valence electrons. The van der Waals surface area contributed by atoms with Crippen molar-refractivity contribution in [1.82, 2.24) is 10.6 Å². The number of amidine groups is 1. The number of hydrogen-bond donors (Lipinski definition) is 2. The van der Waals surface area contributed by atoms with E-state index in [2.05, 4.69) is 43.3 Å². The molecule has 18 heavy (non-hydrogen) atoms. The largest absolute Gasteiger partial charge is 0.360 e. The first-order valence-corrected chi connectivity index (χ1v) is 7.60. The summed E-state index contributed by atoms with van der Waals surface area (Å²) < 4.78 is 0. The summed E-state index contributed by atoms with van der Waals surface area (Å²) in [6.07, 6.45) is 1.62. The van der Waals surface area contributed by atoms with Gasteiger partial charge >= 0.3 is 0 Å². The molecule has 0 atom stereocenters. The Morgan fingerprint density at radius 2 is 2.28 bits per heavy atom. The van der Waals surface area contributed by atoms with Crippen LogP contribution >= 0.6 is 11.8 Å². The van der Waals surface area contributed by atoms with E-state index in [1.54, 1.807) is 11.8 Å². The Bertz CT molecular complexity index is 313. The van der Waals surface area contributed by atoms with Crippen LogP contribution in [0.1, 0.15) is 40.5 Å². The molecule has 0 aromatic carbocycles. The monoisotopic (exact) mass is 271 g/mol. The van der Waals surface area contributed by atoms with Crippen LogP contribution < -0.4 is 10.6 Å². The molecule has 2 N–H and O–H groups in total. The van der Waals surface area contributed by atoms with Gasteiger partial charge < -0.3 is 10.6 Å². The Kier molecular flexibility index (Phi) is 5.99. The quantitative estimate of drug-likeness (QED) is 0.804. The van der Waals surface area contributed by atoms with Gasteiger partial charge in [-0.05, 0) is 26.2 Å². The minimum absolute atomic E-state index is 0.0909. The highest BCUT2D eigenvalue weighted by molar-refractivity contribution is 8.13. The maximum Gasteiger partial charge on any atom is 0.221 e. The molecular formula is C13H25N3OS. The highest BCUT2D eigenvalue weighted by Gasteiger charge is 2.23. The molecule has 0 bridgehead atoms. The average Bonchev–Trinajstić information content (AvgIpc) is 2.25. The van der Waals surface area contributed by atoms with Gasteiger partial charge in [0.2, 0.25) is 5.91 Å². The fraction of sp³-hybridized carbons (Fsp3) is 0.846. The van der Waals surface area contributed by atoms with Crippen molar-refractivity contribution in [2.24, 2.45) is 10.9 Å². The lowest BCUT2D eigenvalue weighted by Gasteiger charge is -2.32. The molecule has 0 radical (unpaired) electrons. The van der Waals surface area contributed by atoms with Gasteiger partial charge in [-0.2, -0.15) is 0 Å². The summed E-state index contributed by atoms with van der Waals surface area (Å²) in [5.41, 5.74) is 0.129. The van der Waals surface area contributed by atoms with Crippen LogP contribution in [0, 0.1) is 5.92 Å². The van der Waals surface area contributed by atoms with E-state index in [0.717, 1.165) is 23.9 Å². The molecule has 5 heteroatoms. The molecule has 1 aliphatic rings. The van der Waals surface area contributed by atoms with Crippen molar-refractivity contribution >= 4 is 22.8 Å². The number of carbonyl (C=O) groups is 1. The number of thioether (sulfide) groups is 1. The predicted molar refractivity (Wildman–Crippen MR) is 79.1 cm³/mol. The van der Waals surface area contributed by atoms with Crippen LogP contribution in [0.3, 0.4) is 0 Å². The lowest BCUT2D eigenvalue weighted by Crippen LogP contribution is -2.46. The Hall–Kier alpha value is -0.710. The van der Waals surface area contributed by atoms with Crippen molar-refractivity contribution in [3.8, 4) is 0 Å². The first kappa shape index (κ1) is 15.3. The van der Waals surface area contributed by atoms with Crippen molar-refractivity contribution in [3.05, 3.63) is 0 Å². The number of nitrogens with one attached hydrogen (secondary N) is 2. The van der Waals surface area contributed by atoms with E-state index < -0.39 is 0 Å². The van der Waals surface area contributed by atoms with E-state index in [0.29, 0.717) is 18.9 Å². The number of hydrogen-bond acceptors (Lipinski definition) is 3. The second kappa shape index (κ2) is 7.02. The van der Waals surface area contributed by atoms with E-state index in [1.165, 1.54) is 0 Å². The summed E-state index contributed by atoms with van der Waals surface area (Å²) >= 11 is 1.74. The summed E-state index contributed by atoms with van der Waals surface area (Å²) in [6, 6.07) is 0. The van der Waals surface area contributed by atoms with E-state index in [1.807, 2.05) is 0 Å². The molecule has 0 aromatic heterocycles. The SMILES string of the molecule is CC(C)CNC(=O)CCN=C1NC(C)(C)CCS1. The molecule has 1 rings (SSSR count). The van der Waals surface area contributed by atoms with Gasteiger partial charge in [-0.3, -0.25) is 9.79 Å². The van der Waals surface area contributed by atoms with Gasteiger partial charge in [0.05, 0.1) is 6.54 Å². The molecule has 0 unspecified atom stereocenters. The Morgan fingerprint density at radius 3 is 2.89 bits per heavy atom. The molecule has 0 saturated carbocycles. The van der Waals surface area contributed by atoms with Gasteiger partial charge in [0.25, 0.3) is 0 Å². The molecule has 1 amide bonds. The smallest absolute Gasteiger partial charge is 0.221 e. The number of rotatable bonds is 5. The van der Waals surface area contributed by atoms with Gasteiger partial charge in [0.1, 0.15) is 0 Å². The zero-order valence-corrected chi connectivity index (χ0v) is 12.7. The molecule has 0 spiro atoms. The van der Waals surface area contributed by atoms with Gasteiger partial charge in [0.15, 0.2) is 5.17 Å². The summed E-state index contributed by atoms with van der Waals surface area (Å²) in [7, 11) is 0. The molecule has 1 aliphatic heterocycles. The van der Waals surface area contributed by atoms with Crippen LogP contribution in [0.15, 0.2) is 4.99 Å². The molecule has 4 nitrogen and oxygen atoms in total. The molecule has 0 aromatic rings. The number of carbonyl (C=O) groups excluding carboxylic acids is 1. The lowest BCUT2D eigenvalue weighted by atomic mass is 10.0. The minimum atomic E-state index is 0.0909. The van der Waals surface area contributed by atoms with Crippen molar-refractivity contribution in [3.63, 3.8) is 0 Å². The number of amides is 1. The van der Waals surface area contributed by atoms with E-state index in [-0.39, 0.29) is 11.4 Å². The minimum Gasteiger partial charge on any atom is -0.360 e. The van der Waals surface area contributed by atoms with Crippen molar-refractivity contribution in [2.75, 3.05) is 18.8 Å². The van der Waals surface area contributed by atoms with Crippen molar-refractivity contribution < 1.29 is 4.79 Å². The number of nitrogens with zero attached hydrogens (tertiary/aromatic N) is 1. The molecule has 1 heterocycles. The summed E-state index contributed by atoms with van der Waals surface area (Å²) in [5.74, 6) is 1.68. The second-order valence-corrected chi connectivity index (χ2v) is 6.83. The zero-order valence-electron chi connectivity index (χ0n) is 11.9. The van der Waals surface area contributed by atoms with Crippen molar-refractivity contribution in [1.29, 1.82) is 0 Å². The zero-order chi connectivity index (χ0) is 13.6.